The monoisotopic (exact) mass is 214 g/mol. The molecule has 0 fully saturated rings. The standard InChI is InChI=1S/C9H14N2O2S/c1-3-7-5-10-9(11(7)4-2)14-6-8(12)13/h5H,3-4,6H2,1-2H3,(H,12,13). The first-order chi connectivity index (χ1) is 6.69. The van der Waals surface area contributed by atoms with E-state index in [2.05, 4.69) is 11.9 Å². The Kier molecular flexibility index (Phi) is 4.00. The van der Waals surface area contributed by atoms with Crippen molar-refractivity contribution in [3.05, 3.63) is 11.9 Å². The summed E-state index contributed by atoms with van der Waals surface area (Å²) in [6.45, 7) is 4.94. The minimum atomic E-state index is -0.807. The van der Waals surface area contributed by atoms with E-state index in [4.69, 9.17) is 5.11 Å². The molecule has 0 unspecified atom stereocenters. The first-order valence-corrected chi connectivity index (χ1v) is 5.56. The smallest absolute Gasteiger partial charge is 0.313 e. The zero-order valence-electron chi connectivity index (χ0n) is 8.36. The van der Waals surface area contributed by atoms with Crippen molar-refractivity contribution in [2.24, 2.45) is 0 Å². The van der Waals surface area contributed by atoms with Gasteiger partial charge >= 0.3 is 5.97 Å². The molecule has 0 aliphatic heterocycles. The number of thioether (sulfide) groups is 1. The number of hydrogen-bond acceptors (Lipinski definition) is 3. The summed E-state index contributed by atoms with van der Waals surface area (Å²) in [5.41, 5.74) is 1.15. The summed E-state index contributed by atoms with van der Waals surface area (Å²) in [5.74, 6) is -0.737. The SMILES string of the molecule is CCc1cnc(SCC(=O)O)n1CC. The molecule has 1 aromatic heterocycles. The average Bonchev–Trinajstić information content (AvgIpc) is 2.56. The van der Waals surface area contributed by atoms with Gasteiger partial charge in [-0.05, 0) is 13.3 Å². The third kappa shape index (κ3) is 2.51. The van der Waals surface area contributed by atoms with Crippen molar-refractivity contribution in [3.8, 4) is 0 Å². The van der Waals surface area contributed by atoms with Gasteiger partial charge in [-0.2, -0.15) is 0 Å². The number of aryl methyl sites for hydroxylation is 1. The summed E-state index contributed by atoms with van der Waals surface area (Å²) in [6, 6.07) is 0. The largest absolute Gasteiger partial charge is 0.481 e. The minimum absolute atomic E-state index is 0.0696. The number of carboxylic acid groups (broad SMARTS) is 1. The number of imidazole rings is 1. The highest BCUT2D eigenvalue weighted by Crippen LogP contribution is 2.18. The van der Waals surface area contributed by atoms with Gasteiger partial charge < -0.3 is 9.67 Å². The molecule has 0 aliphatic rings. The van der Waals surface area contributed by atoms with Gasteiger partial charge in [0.25, 0.3) is 0 Å². The lowest BCUT2D eigenvalue weighted by Crippen LogP contribution is -2.04. The van der Waals surface area contributed by atoms with Crippen molar-refractivity contribution >= 4 is 17.7 Å². The van der Waals surface area contributed by atoms with Crippen LogP contribution in [0.15, 0.2) is 11.4 Å². The van der Waals surface area contributed by atoms with Crippen LogP contribution in [0.5, 0.6) is 0 Å². The van der Waals surface area contributed by atoms with E-state index < -0.39 is 5.97 Å². The zero-order chi connectivity index (χ0) is 10.6. The Morgan fingerprint density at radius 1 is 1.64 bits per heavy atom. The molecule has 1 aromatic rings. The third-order valence-electron chi connectivity index (χ3n) is 1.90. The number of nitrogens with zero attached hydrogens (tertiary/aromatic N) is 2. The van der Waals surface area contributed by atoms with Gasteiger partial charge in [-0.15, -0.1) is 0 Å². The van der Waals surface area contributed by atoms with E-state index in [0.717, 1.165) is 23.8 Å². The number of aromatic nitrogens is 2. The van der Waals surface area contributed by atoms with Crippen molar-refractivity contribution < 1.29 is 9.90 Å². The van der Waals surface area contributed by atoms with Crippen LogP contribution in [0.3, 0.4) is 0 Å². The summed E-state index contributed by atoms with van der Waals surface area (Å²) < 4.78 is 2.05. The van der Waals surface area contributed by atoms with Gasteiger partial charge in [0.05, 0.1) is 5.75 Å². The van der Waals surface area contributed by atoms with E-state index in [1.807, 2.05) is 17.7 Å². The lowest BCUT2D eigenvalue weighted by atomic mass is 10.4. The lowest BCUT2D eigenvalue weighted by molar-refractivity contribution is -0.133. The maximum Gasteiger partial charge on any atom is 0.313 e. The highest BCUT2D eigenvalue weighted by Gasteiger charge is 2.08. The molecular formula is C9H14N2O2S. The third-order valence-corrected chi connectivity index (χ3v) is 2.88. The number of carboxylic acids is 1. The molecule has 0 radical (unpaired) electrons. The molecule has 0 saturated carbocycles. The highest BCUT2D eigenvalue weighted by molar-refractivity contribution is 7.99. The van der Waals surface area contributed by atoms with E-state index in [9.17, 15) is 4.79 Å². The molecule has 0 amide bonds. The fourth-order valence-corrected chi connectivity index (χ4v) is 2.04. The second-order valence-electron chi connectivity index (χ2n) is 2.81. The molecule has 1 heterocycles. The van der Waals surface area contributed by atoms with Crippen LogP contribution in [0, 0.1) is 0 Å². The maximum atomic E-state index is 10.4. The second-order valence-corrected chi connectivity index (χ2v) is 3.75. The summed E-state index contributed by atoms with van der Waals surface area (Å²) in [7, 11) is 0. The Morgan fingerprint density at radius 3 is 2.86 bits per heavy atom. The topological polar surface area (TPSA) is 55.1 Å². The maximum absolute atomic E-state index is 10.4. The molecular weight excluding hydrogens is 200 g/mol. The van der Waals surface area contributed by atoms with E-state index in [1.54, 1.807) is 0 Å². The minimum Gasteiger partial charge on any atom is -0.481 e. The fraction of sp³-hybridized carbons (Fsp3) is 0.556. The van der Waals surface area contributed by atoms with E-state index in [0.29, 0.717) is 0 Å². The average molecular weight is 214 g/mol. The van der Waals surface area contributed by atoms with Gasteiger partial charge in [-0.3, -0.25) is 4.79 Å². The summed E-state index contributed by atoms with van der Waals surface area (Å²) in [6.07, 6.45) is 2.74. The van der Waals surface area contributed by atoms with E-state index in [1.165, 1.54) is 11.8 Å². The number of hydrogen-bond donors (Lipinski definition) is 1. The van der Waals surface area contributed by atoms with Crippen LogP contribution in [-0.2, 0) is 17.8 Å². The molecule has 4 nitrogen and oxygen atoms in total. The van der Waals surface area contributed by atoms with Gasteiger partial charge in [0.15, 0.2) is 5.16 Å². The van der Waals surface area contributed by atoms with Crippen molar-refractivity contribution in [2.45, 2.75) is 32.0 Å². The molecule has 0 aliphatic carbocycles. The Hall–Kier alpha value is -0.970. The van der Waals surface area contributed by atoms with Crippen molar-refractivity contribution in [3.63, 3.8) is 0 Å². The molecule has 1 N–H and O–H groups in total. The second kappa shape index (κ2) is 5.05. The molecule has 78 valence electrons. The first kappa shape index (κ1) is 11.1. The normalized spacial score (nSPS) is 10.4. The van der Waals surface area contributed by atoms with Gasteiger partial charge in [-0.1, -0.05) is 18.7 Å². The summed E-state index contributed by atoms with van der Waals surface area (Å²) >= 11 is 1.27. The van der Waals surface area contributed by atoms with Crippen molar-refractivity contribution in [2.75, 3.05) is 5.75 Å². The molecule has 0 saturated heterocycles. The van der Waals surface area contributed by atoms with Gasteiger partial charge in [0, 0.05) is 18.4 Å². The molecule has 1 rings (SSSR count). The molecule has 5 heteroatoms. The van der Waals surface area contributed by atoms with Crippen LogP contribution < -0.4 is 0 Å². The predicted octanol–water partition coefficient (Wildman–Crippen LogP) is 1.64. The molecule has 14 heavy (non-hydrogen) atoms. The van der Waals surface area contributed by atoms with Crippen LogP contribution in [0.25, 0.3) is 0 Å². The van der Waals surface area contributed by atoms with Crippen LogP contribution in [0.4, 0.5) is 0 Å². The van der Waals surface area contributed by atoms with E-state index in [-0.39, 0.29) is 5.75 Å². The number of rotatable bonds is 5. The van der Waals surface area contributed by atoms with Gasteiger partial charge in [-0.25, -0.2) is 4.98 Å². The summed E-state index contributed by atoms with van der Waals surface area (Å²) in [5, 5.41) is 9.34. The zero-order valence-corrected chi connectivity index (χ0v) is 9.17. The van der Waals surface area contributed by atoms with Crippen molar-refractivity contribution in [1.29, 1.82) is 0 Å². The fourth-order valence-electron chi connectivity index (χ4n) is 1.25. The van der Waals surface area contributed by atoms with Gasteiger partial charge in [0.1, 0.15) is 0 Å². The highest BCUT2D eigenvalue weighted by atomic mass is 32.2. The van der Waals surface area contributed by atoms with Crippen LogP contribution in [0.2, 0.25) is 0 Å². The molecule has 0 atom stereocenters. The van der Waals surface area contributed by atoms with Crippen LogP contribution in [-0.4, -0.2) is 26.4 Å². The van der Waals surface area contributed by atoms with E-state index >= 15 is 0 Å². The molecule has 0 spiro atoms. The number of aliphatic carboxylic acids is 1. The Morgan fingerprint density at radius 2 is 2.36 bits per heavy atom. The predicted molar refractivity (Wildman–Crippen MR) is 55.6 cm³/mol. The molecule has 0 bridgehead atoms. The Balaban J connectivity index is 2.75. The number of carbonyl (C=O) groups is 1. The molecule has 0 aromatic carbocycles. The quantitative estimate of drug-likeness (QED) is 0.757. The first-order valence-electron chi connectivity index (χ1n) is 4.58. The lowest BCUT2D eigenvalue weighted by Gasteiger charge is -2.06. The van der Waals surface area contributed by atoms with Gasteiger partial charge in [0.2, 0.25) is 0 Å². The van der Waals surface area contributed by atoms with Crippen LogP contribution >= 0.6 is 11.8 Å². The van der Waals surface area contributed by atoms with Crippen molar-refractivity contribution in [1.82, 2.24) is 9.55 Å². The Bertz CT molecular complexity index is 323. The van der Waals surface area contributed by atoms with Crippen LogP contribution in [0.1, 0.15) is 19.5 Å². The Labute approximate surface area is 87.3 Å². The summed E-state index contributed by atoms with van der Waals surface area (Å²) in [4.78, 5) is 14.6.